The molecule has 134 valence electrons. The third-order valence-corrected chi connectivity index (χ3v) is 5.10. The van der Waals surface area contributed by atoms with Gasteiger partial charge in [0.1, 0.15) is 5.60 Å². The SMILES string of the molecule is CC(C)(CO)CNC1CCN(C(=O)OC(C)(C)C)C2(CCC2)C1. The molecular formula is C18H34N2O3. The maximum absolute atomic E-state index is 12.5. The van der Waals surface area contributed by atoms with Crippen LogP contribution in [-0.4, -0.2) is 53.0 Å². The second kappa shape index (κ2) is 6.60. The predicted molar refractivity (Wildman–Crippen MR) is 91.4 cm³/mol. The van der Waals surface area contributed by atoms with Crippen molar-refractivity contribution in [1.29, 1.82) is 0 Å². The van der Waals surface area contributed by atoms with Crippen LogP contribution < -0.4 is 5.32 Å². The van der Waals surface area contributed by atoms with E-state index in [1.807, 2.05) is 25.7 Å². The highest BCUT2D eigenvalue weighted by atomic mass is 16.6. The number of ether oxygens (including phenoxy) is 1. The number of piperidine rings is 1. The second-order valence-electron chi connectivity index (χ2n) is 9.10. The first-order chi connectivity index (χ1) is 10.6. The summed E-state index contributed by atoms with van der Waals surface area (Å²) in [6.45, 7) is 11.6. The molecule has 0 aromatic rings. The molecule has 1 spiro atoms. The van der Waals surface area contributed by atoms with Gasteiger partial charge in [-0.3, -0.25) is 0 Å². The van der Waals surface area contributed by atoms with Crippen LogP contribution in [0.15, 0.2) is 0 Å². The molecule has 0 radical (unpaired) electrons. The van der Waals surface area contributed by atoms with E-state index in [0.717, 1.165) is 38.8 Å². The zero-order valence-corrected chi connectivity index (χ0v) is 15.4. The van der Waals surface area contributed by atoms with Gasteiger partial charge in [-0.05, 0) is 52.9 Å². The number of hydrogen-bond donors (Lipinski definition) is 2. The third kappa shape index (κ3) is 4.60. The summed E-state index contributed by atoms with van der Waals surface area (Å²) in [5, 5.41) is 13.0. The molecule has 5 nitrogen and oxygen atoms in total. The van der Waals surface area contributed by atoms with Gasteiger partial charge in [-0.1, -0.05) is 13.8 Å². The number of rotatable bonds is 4. The molecular weight excluding hydrogens is 292 g/mol. The average Bonchev–Trinajstić information content (AvgIpc) is 2.41. The van der Waals surface area contributed by atoms with Gasteiger partial charge in [-0.2, -0.15) is 0 Å². The molecule has 2 rings (SSSR count). The van der Waals surface area contributed by atoms with Crippen LogP contribution in [-0.2, 0) is 4.74 Å². The molecule has 0 aromatic heterocycles. The molecule has 1 aliphatic carbocycles. The highest BCUT2D eigenvalue weighted by molar-refractivity contribution is 5.69. The van der Waals surface area contributed by atoms with Gasteiger partial charge in [0.25, 0.3) is 0 Å². The van der Waals surface area contributed by atoms with E-state index >= 15 is 0 Å². The van der Waals surface area contributed by atoms with Gasteiger partial charge < -0.3 is 20.1 Å². The van der Waals surface area contributed by atoms with E-state index < -0.39 is 5.60 Å². The van der Waals surface area contributed by atoms with Crippen molar-refractivity contribution in [2.24, 2.45) is 5.41 Å². The molecule has 2 aliphatic rings. The minimum Gasteiger partial charge on any atom is -0.444 e. The van der Waals surface area contributed by atoms with Gasteiger partial charge in [-0.15, -0.1) is 0 Å². The number of amides is 1. The van der Waals surface area contributed by atoms with Crippen molar-refractivity contribution in [2.45, 2.75) is 83.9 Å². The van der Waals surface area contributed by atoms with E-state index in [9.17, 15) is 9.90 Å². The Balaban J connectivity index is 1.96. The molecule has 1 unspecified atom stereocenters. The maximum atomic E-state index is 12.5. The first-order valence-corrected chi connectivity index (χ1v) is 8.92. The fourth-order valence-corrected chi connectivity index (χ4v) is 3.50. The number of hydrogen-bond acceptors (Lipinski definition) is 4. The van der Waals surface area contributed by atoms with Crippen molar-refractivity contribution < 1.29 is 14.6 Å². The third-order valence-electron chi connectivity index (χ3n) is 5.10. The van der Waals surface area contributed by atoms with Crippen LogP contribution in [0, 0.1) is 5.41 Å². The number of likely N-dealkylation sites (tertiary alicyclic amines) is 1. The zero-order valence-electron chi connectivity index (χ0n) is 15.4. The van der Waals surface area contributed by atoms with E-state index in [2.05, 4.69) is 19.2 Å². The molecule has 2 N–H and O–H groups in total. The summed E-state index contributed by atoms with van der Waals surface area (Å²) < 4.78 is 5.61. The van der Waals surface area contributed by atoms with Crippen LogP contribution in [0.4, 0.5) is 4.79 Å². The molecule has 2 fully saturated rings. The van der Waals surface area contributed by atoms with Crippen LogP contribution in [0.25, 0.3) is 0 Å². The summed E-state index contributed by atoms with van der Waals surface area (Å²) >= 11 is 0. The van der Waals surface area contributed by atoms with Crippen molar-refractivity contribution in [2.75, 3.05) is 19.7 Å². The van der Waals surface area contributed by atoms with Gasteiger partial charge >= 0.3 is 6.09 Å². The van der Waals surface area contributed by atoms with Gasteiger partial charge in [0.15, 0.2) is 0 Å². The number of nitrogens with one attached hydrogen (secondary N) is 1. The highest BCUT2D eigenvalue weighted by Gasteiger charge is 2.49. The summed E-state index contributed by atoms with van der Waals surface area (Å²) in [5.41, 5.74) is -0.557. The molecule has 1 amide bonds. The molecule has 1 saturated carbocycles. The summed E-state index contributed by atoms with van der Waals surface area (Å²) in [6, 6.07) is 0.416. The smallest absolute Gasteiger partial charge is 0.410 e. The fourth-order valence-electron chi connectivity index (χ4n) is 3.50. The summed E-state index contributed by atoms with van der Waals surface area (Å²) in [7, 11) is 0. The fraction of sp³-hybridized carbons (Fsp3) is 0.944. The van der Waals surface area contributed by atoms with E-state index in [-0.39, 0.29) is 23.7 Å². The molecule has 1 aliphatic heterocycles. The van der Waals surface area contributed by atoms with E-state index in [4.69, 9.17) is 4.74 Å². The van der Waals surface area contributed by atoms with Gasteiger partial charge in [0, 0.05) is 36.7 Å². The lowest BCUT2D eigenvalue weighted by Gasteiger charge is -2.55. The van der Waals surface area contributed by atoms with Gasteiger partial charge in [-0.25, -0.2) is 4.79 Å². The normalized spacial score (nSPS) is 24.4. The maximum Gasteiger partial charge on any atom is 0.410 e. The summed E-state index contributed by atoms with van der Waals surface area (Å²) in [4.78, 5) is 14.5. The Kier molecular flexibility index (Phi) is 5.31. The van der Waals surface area contributed by atoms with Gasteiger partial charge in [0.05, 0.1) is 0 Å². The lowest BCUT2D eigenvalue weighted by atomic mass is 9.69. The first kappa shape index (κ1) is 18.5. The Labute approximate surface area is 140 Å². The van der Waals surface area contributed by atoms with Crippen molar-refractivity contribution in [3.8, 4) is 0 Å². The van der Waals surface area contributed by atoms with Crippen molar-refractivity contribution in [3.05, 3.63) is 0 Å². The van der Waals surface area contributed by atoms with E-state index in [1.165, 1.54) is 6.42 Å². The topological polar surface area (TPSA) is 61.8 Å². The summed E-state index contributed by atoms with van der Waals surface area (Å²) in [5.74, 6) is 0. The Bertz CT molecular complexity index is 424. The van der Waals surface area contributed by atoms with E-state index in [0.29, 0.717) is 6.04 Å². The molecule has 0 aromatic carbocycles. The lowest BCUT2D eigenvalue weighted by Crippen LogP contribution is -2.63. The standard InChI is InChI=1S/C18H34N2O3/c1-16(2,3)23-15(22)20-10-7-14(11-18(20)8-6-9-18)19-12-17(4,5)13-21/h14,19,21H,6-13H2,1-5H3. The number of aliphatic hydroxyl groups excluding tert-OH is 1. The Morgan fingerprint density at radius 3 is 2.43 bits per heavy atom. The Morgan fingerprint density at radius 1 is 1.30 bits per heavy atom. The number of nitrogens with zero attached hydrogens (tertiary/aromatic N) is 1. The lowest BCUT2D eigenvalue weighted by molar-refractivity contribution is -0.0500. The first-order valence-electron chi connectivity index (χ1n) is 8.92. The van der Waals surface area contributed by atoms with Crippen LogP contribution in [0.1, 0.15) is 66.7 Å². The molecule has 23 heavy (non-hydrogen) atoms. The number of carbonyl (C=O) groups is 1. The quantitative estimate of drug-likeness (QED) is 0.834. The molecule has 5 heteroatoms. The predicted octanol–water partition coefficient (Wildman–Crippen LogP) is 2.92. The van der Waals surface area contributed by atoms with Crippen molar-refractivity contribution in [3.63, 3.8) is 0 Å². The molecule has 1 saturated heterocycles. The van der Waals surface area contributed by atoms with Crippen LogP contribution in [0.2, 0.25) is 0 Å². The summed E-state index contributed by atoms with van der Waals surface area (Å²) in [6.07, 6.45) is 5.12. The molecule has 0 bridgehead atoms. The molecule has 1 atom stereocenters. The zero-order chi connectivity index (χ0) is 17.3. The highest BCUT2D eigenvalue weighted by Crippen LogP contribution is 2.45. The number of carbonyl (C=O) groups excluding carboxylic acids is 1. The minimum atomic E-state index is -0.442. The van der Waals surface area contributed by atoms with Gasteiger partial charge in [0.2, 0.25) is 0 Å². The monoisotopic (exact) mass is 326 g/mol. The van der Waals surface area contributed by atoms with E-state index in [1.54, 1.807) is 0 Å². The Morgan fingerprint density at radius 2 is 1.96 bits per heavy atom. The Hall–Kier alpha value is -0.810. The van der Waals surface area contributed by atoms with Crippen molar-refractivity contribution in [1.82, 2.24) is 10.2 Å². The van der Waals surface area contributed by atoms with Crippen LogP contribution in [0.3, 0.4) is 0 Å². The van der Waals surface area contributed by atoms with Crippen LogP contribution in [0.5, 0.6) is 0 Å². The average molecular weight is 326 g/mol. The molecule has 1 heterocycles. The minimum absolute atomic E-state index is 0.0123. The van der Waals surface area contributed by atoms with Crippen LogP contribution >= 0.6 is 0 Å². The number of aliphatic hydroxyl groups is 1. The second-order valence-corrected chi connectivity index (χ2v) is 9.10. The largest absolute Gasteiger partial charge is 0.444 e. The van der Waals surface area contributed by atoms with Crippen molar-refractivity contribution >= 4 is 6.09 Å².